The maximum Gasteiger partial charge on any atom is 0.0543 e. The molecular weight excluding hydrogens is 997 g/mol. The Morgan fingerprint density at radius 2 is 0.683 bits per heavy atom. The summed E-state index contributed by atoms with van der Waals surface area (Å²) in [6, 6.07) is 0. The minimum absolute atomic E-state index is 0. The average molecular weight is 1140 g/mol. The highest BCUT2D eigenvalue weighted by atomic mass is 16.3. The summed E-state index contributed by atoms with van der Waals surface area (Å²) in [4.78, 5) is 0. The molecule has 0 amide bonds. The summed E-state index contributed by atoms with van der Waals surface area (Å²) in [5.41, 5.74) is 3.39. The van der Waals surface area contributed by atoms with Gasteiger partial charge >= 0.3 is 0 Å². The zero-order valence-corrected chi connectivity index (χ0v) is 56.7. The van der Waals surface area contributed by atoms with Gasteiger partial charge in [0, 0.05) is 0 Å². The van der Waals surface area contributed by atoms with Gasteiger partial charge in [-0.2, -0.15) is 0 Å². The van der Waals surface area contributed by atoms with Gasteiger partial charge in [0.15, 0.2) is 0 Å². The lowest BCUT2D eigenvalue weighted by molar-refractivity contribution is -0.152. The highest BCUT2D eigenvalue weighted by Gasteiger charge is 2.65. The SMILES string of the molecule is C.CC(C)C[C@@H](C)C1CCC2C3CC[C@@H]4C[C@H](O)CC[C@]4(C)C3CC[C@@]21C.CCC[C@@H](C)C1CCC2C3C[C@H](CC)[C@@H]4C[C@H](O)CC[C@]4(C)C3CC[C@@]21C.CC[C@H]1CC2C3CCC([C@H](C)CC(C)C)[C@@]3(C)CCC2[C@@]2(C)CC[C@@H](O)C[C@@H]12. The monoisotopic (exact) mass is 1140 g/mol. The first-order valence-corrected chi connectivity index (χ1v) is 37.3. The van der Waals surface area contributed by atoms with Crippen LogP contribution in [0.2, 0.25) is 0 Å². The Balaban J connectivity index is 0.000000147. The molecule has 0 saturated heterocycles. The van der Waals surface area contributed by atoms with Crippen molar-refractivity contribution in [3.63, 3.8) is 0 Å². The van der Waals surface area contributed by atoms with Gasteiger partial charge in [-0.1, -0.05) is 144 Å². The summed E-state index contributed by atoms with van der Waals surface area (Å²) >= 11 is 0. The van der Waals surface area contributed by atoms with Gasteiger partial charge in [-0.3, -0.25) is 0 Å². The minimum atomic E-state index is -0.0229. The van der Waals surface area contributed by atoms with Crippen LogP contribution in [0.5, 0.6) is 0 Å². The topological polar surface area (TPSA) is 60.7 Å². The van der Waals surface area contributed by atoms with Crippen LogP contribution in [0.3, 0.4) is 0 Å². The molecule has 0 aliphatic heterocycles. The molecule has 12 fully saturated rings. The molecule has 82 heavy (non-hydrogen) atoms. The summed E-state index contributed by atoms with van der Waals surface area (Å²) < 4.78 is 0. The molecule has 0 bridgehead atoms. The summed E-state index contributed by atoms with van der Waals surface area (Å²) in [6.45, 7) is 40.6. The third-order valence-corrected chi connectivity index (χ3v) is 32.0. The first-order chi connectivity index (χ1) is 38.3. The third kappa shape index (κ3) is 11.6. The van der Waals surface area contributed by atoms with E-state index in [0.29, 0.717) is 32.5 Å². The predicted octanol–water partition coefficient (Wildman–Crippen LogP) is 21.7. The fourth-order valence-electron chi connectivity index (χ4n) is 28.5. The van der Waals surface area contributed by atoms with Crippen molar-refractivity contribution < 1.29 is 15.3 Å². The second kappa shape index (κ2) is 25.6. The lowest BCUT2D eigenvalue weighted by atomic mass is 9.42. The third-order valence-electron chi connectivity index (χ3n) is 32.0. The van der Waals surface area contributed by atoms with Gasteiger partial charge in [0.25, 0.3) is 0 Å². The van der Waals surface area contributed by atoms with E-state index < -0.39 is 0 Å². The van der Waals surface area contributed by atoms with Crippen LogP contribution in [0.4, 0.5) is 0 Å². The maximum atomic E-state index is 10.4. The number of aliphatic hydroxyl groups excluding tert-OH is 3. The van der Waals surface area contributed by atoms with Gasteiger partial charge in [0.1, 0.15) is 0 Å². The van der Waals surface area contributed by atoms with Crippen LogP contribution < -0.4 is 0 Å². The molecule has 3 N–H and O–H groups in total. The van der Waals surface area contributed by atoms with Crippen molar-refractivity contribution in [2.24, 2.45) is 163 Å². The van der Waals surface area contributed by atoms with Crippen molar-refractivity contribution in [3.8, 4) is 0 Å². The van der Waals surface area contributed by atoms with E-state index in [2.05, 4.69) is 111 Å². The molecule has 12 aliphatic carbocycles. The fourth-order valence-corrected chi connectivity index (χ4v) is 28.5. The van der Waals surface area contributed by atoms with E-state index in [9.17, 15) is 15.3 Å². The van der Waals surface area contributed by atoms with Gasteiger partial charge < -0.3 is 15.3 Å². The van der Waals surface area contributed by atoms with E-state index in [1.54, 1.807) is 0 Å². The molecule has 0 heterocycles. The van der Waals surface area contributed by atoms with E-state index in [-0.39, 0.29) is 25.7 Å². The number of hydrogen-bond donors (Lipinski definition) is 3. The van der Waals surface area contributed by atoms with Crippen LogP contribution >= 0.6 is 0 Å². The number of fused-ring (bicyclic) bond motifs is 15. The average Bonchev–Trinajstić information content (AvgIpc) is 2.84. The van der Waals surface area contributed by atoms with Gasteiger partial charge in [0.05, 0.1) is 18.3 Å². The van der Waals surface area contributed by atoms with Crippen LogP contribution in [-0.2, 0) is 0 Å². The molecule has 0 spiro atoms. The zero-order valence-electron chi connectivity index (χ0n) is 56.7. The van der Waals surface area contributed by atoms with Gasteiger partial charge in [-0.05, 0) is 336 Å². The normalized spacial score (nSPS) is 51.9. The molecule has 3 heteroatoms. The molecule has 29 atom stereocenters. The number of aliphatic hydroxyl groups is 3. The molecule has 12 aliphatic rings. The van der Waals surface area contributed by atoms with Gasteiger partial charge in [-0.25, -0.2) is 0 Å². The quantitative estimate of drug-likeness (QED) is 0.193. The van der Waals surface area contributed by atoms with Gasteiger partial charge in [0.2, 0.25) is 0 Å². The van der Waals surface area contributed by atoms with E-state index in [1.807, 2.05) is 0 Å². The van der Waals surface area contributed by atoms with Crippen LogP contribution in [-0.4, -0.2) is 33.6 Å². The van der Waals surface area contributed by atoms with Crippen LogP contribution in [0, 0.1) is 163 Å². The van der Waals surface area contributed by atoms with Crippen molar-refractivity contribution >= 4 is 0 Å². The fraction of sp³-hybridized carbons (Fsp3) is 1.00. The molecule has 0 aromatic carbocycles. The van der Waals surface area contributed by atoms with E-state index >= 15 is 0 Å². The Bertz CT molecular complexity index is 2050. The number of rotatable bonds is 11. The lowest BCUT2D eigenvalue weighted by Gasteiger charge is -2.63. The molecule has 0 aromatic heterocycles. The Morgan fingerprint density at radius 3 is 1.07 bits per heavy atom. The van der Waals surface area contributed by atoms with Crippen LogP contribution in [0.25, 0.3) is 0 Å². The summed E-state index contributed by atoms with van der Waals surface area (Å²) in [5, 5.41) is 31.1. The van der Waals surface area contributed by atoms with Crippen molar-refractivity contribution in [2.75, 3.05) is 0 Å². The molecule has 12 rings (SSSR count). The van der Waals surface area contributed by atoms with E-state index in [1.165, 1.54) is 161 Å². The van der Waals surface area contributed by atoms with E-state index in [0.717, 1.165) is 169 Å². The molecule has 12 unspecified atom stereocenters. The van der Waals surface area contributed by atoms with Crippen molar-refractivity contribution in [3.05, 3.63) is 0 Å². The standard InChI is InChI=1S/C27H48O.C26H46O.C25H44O.CH4/c1-7-19-15-21-23-9-8-22(18(4)14-17(2)3)26(23,5)13-11-24(21)27(6)12-10-20(28)16-25(19)27;1-6-8-17(3)21-9-10-22-20-15-18(7-2)24-16-19(27)11-13-26(24,5)23(20)12-14-25(21,22)4;1-16(2)14-17(3)21-8-9-22-20-7-6-18-15-19(26)10-12-24(18,4)23(20)11-13-25(21,22)5;/h17-25,28H,7-16H2,1-6H3;17-24,27H,6-16H2,1-5H3;16-23,26H,6-15H2,1-5H3;1H4/t18-,19+,20-,21?,22?,23?,24?,25+,26-,27-;17-,18+,19-,20?,21?,22?,23?,24+,25-,26-;17-,18-,19-,20?,21?,22?,23?,24+,25-;/m111./s1. The Morgan fingerprint density at radius 1 is 0.341 bits per heavy atom. The lowest BCUT2D eigenvalue weighted by Crippen LogP contribution is -2.56. The second-order valence-electron chi connectivity index (χ2n) is 36.4. The van der Waals surface area contributed by atoms with Crippen molar-refractivity contribution in [1.82, 2.24) is 0 Å². The largest absolute Gasteiger partial charge is 0.393 e. The second-order valence-corrected chi connectivity index (χ2v) is 36.4. The molecule has 12 saturated carbocycles. The molecule has 0 radical (unpaired) electrons. The molecule has 3 nitrogen and oxygen atoms in total. The van der Waals surface area contributed by atoms with Crippen LogP contribution in [0.15, 0.2) is 0 Å². The highest BCUT2D eigenvalue weighted by Crippen LogP contribution is 2.73. The first-order valence-electron chi connectivity index (χ1n) is 37.3. The maximum absolute atomic E-state index is 10.4. The zero-order chi connectivity index (χ0) is 58.4. The molecule has 476 valence electrons. The van der Waals surface area contributed by atoms with E-state index in [4.69, 9.17) is 0 Å². The summed E-state index contributed by atoms with van der Waals surface area (Å²) in [5.74, 6) is 20.1. The molecule has 0 aromatic rings. The highest BCUT2D eigenvalue weighted by molar-refractivity contribution is 5.14. The van der Waals surface area contributed by atoms with Gasteiger partial charge in [-0.15, -0.1) is 0 Å². The Labute approximate surface area is 511 Å². The van der Waals surface area contributed by atoms with Crippen molar-refractivity contribution in [1.29, 1.82) is 0 Å². The number of hydrogen-bond acceptors (Lipinski definition) is 3. The first kappa shape index (κ1) is 66.3. The van der Waals surface area contributed by atoms with Crippen molar-refractivity contribution in [2.45, 2.75) is 336 Å². The minimum Gasteiger partial charge on any atom is -0.393 e. The Kier molecular flexibility index (Phi) is 20.7. The smallest absolute Gasteiger partial charge is 0.0543 e. The predicted molar refractivity (Wildman–Crippen MR) is 350 cm³/mol. The Hall–Kier alpha value is -0.120. The summed E-state index contributed by atoms with van der Waals surface area (Å²) in [7, 11) is 0. The van der Waals surface area contributed by atoms with Crippen LogP contribution in [0.1, 0.15) is 317 Å². The summed E-state index contributed by atoms with van der Waals surface area (Å²) in [6.07, 6.45) is 42.2. The molecular formula is C79H142O3.